The topological polar surface area (TPSA) is 134 Å². The van der Waals surface area contributed by atoms with Crippen LogP contribution in [0.2, 0.25) is 0 Å². The van der Waals surface area contributed by atoms with Crippen molar-refractivity contribution in [3.05, 3.63) is 45.3 Å². The second kappa shape index (κ2) is 8.30. The number of nitro groups is 1. The summed E-state index contributed by atoms with van der Waals surface area (Å²) in [6, 6.07) is 3.98. The van der Waals surface area contributed by atoms with Crippen LogP contribution in [-0.2, 0) is 16.0 Å². The molecular formula is C17H19N3O7. The van der Waals surface area contributed by atoms with Gasteiger partial charge in [0, 0.05) is 0 Å². The third-order valence-electron chi connectivity index (χ3n) is 3.78. The number of carbonyl (C=O) groups is 2. The first kappa shape index (κ1) is 19.9. The molecule has 1 atom stereocenters. The van der Waals surface area contributed by atoms with E-state index in [0.717, 1.165) is 0 Å². The molecule has 0 saturated carbocycles. The average molecular weight is 377 g/mol. The predicted octanol–water partition coefficient (Wildman–Crippen LogP) is 2.65. The van der Waals surface area contributed by atoms with Crippen LogP contribution in [-0.4, -0.2) is 35.2 Å². The standard InChI is InChI=1S/C17H19N3O7/c1-5-12-15(9(2)27-19-12)17(22)26-10(3)16(21)18-13-7-6-11(25-4)8-14(13)20(23)24/h6-8,10H,5H2,1-4H3,(H,18,21)/t10-/m1/s1. The zero-order chi connectivity index (χ0) is 20.1. The highest BCUT2D eigenvalue weighted by Crippen LogP contribution is 2.29. The van der Waals surface area contributed by atoms with E-state index in [1.807, 2.05) is 0 Å². The number of carbonyl (C=O) groups excluding carboxylic acids is 2. The number of hydrogen-bond donors (Lipinski definition) is 1. The Balaban J connectivity index is 2.13. The Morgan fingerprint density at radius 3 is 2.70 bits per heavy atom. The predicted molar refractivity (Wildman–Crippen MR) is 93.8 cm³/mol. The fourth-order valence-electron chi connectivity index (χ4n) is 2.32. The van der Waals surface area contributed by atoms with Gasteiger partial charge in [-0.25, -0.2) is 4.79 Å². The van der Waals surface area contributed by atoms with E-state index in [1.54, 1.807) is 13.8 Å². The number of nitrogens with one attached hydrogen (secondary N) is 1. The van der Waals surface area contributed by atoms with E-state index in [1.165, 1.54) is 32.2 Å². The molecule has 1 aromatic carbocycles. The fraction of sp³-hybridized carbons (Fsp3) is 0.353. The average Bonchev–Trinajstić information content (AvgIpc) is 3.02. The Bertz CT molecular complexity index is 875. The maximum Gasteiger partial charge on any atom is 0.344 e. The number of methoxy groups -OCH3 is 1. The van der Waals surface area contributed by atoms with Gasteiger partial charge in [0.25, 0.3) is 11.6 Å². The minimum absolute atomic E-state index is 0.0379. The number of hydrogen-bond acceptors (Lipinski definition) is 8. The Labute approximate surface area is 154 Å². The molecule has 2 aromatic rings. The van der Waals surface area contributed by atoms with Gasteiger partial charge >= 0.3 is 5.97 Å². The molecule has 10 nitrogen and oxygen atoms in total. The molecule has 0 bridgehead atoms. The number of benzene rings is 1. The van der Waals surface area contributed by atoms with E-state index < -0.39 is 22.9 Å². The summed E-state index contributed by atoms with van der Waals surface area (Å²) < 4.78 is 15.1. The van der Waals surface area contributed by atoms with E-state index in [0.29, 0.717) is 12.1 Å². The maximum atomic E-state index is 12.3. The van der Waals surface area contributed by atoms with Crippen molar-refractivity contribution in [2.75, 3.05) is 12.4 Å². The van der Waals surface area contributed by atoms with Crippen LogP contribution in [0.25, 0.3) is 0 Å². The van der Waals surface area contributed by atoms with Gasteiger partial charge in [0.1, 0.15) is 22.8 Å². The summed E-state index contributed by atoms with van der Waals surface area (Å²) in [5.41, 5.74) is 0.219. The molecule has 0 aliphatic heterocycles. The zero-order valence-corrected chi connectivity index (χ0v) is 15.3. The lowest BCUT2D eigenvalue weighted by molar-refractivity contribution is -0.384. The number of nitrogens with zero attached hydrogens (tertiary/aromatic N) is 2. The molecule has 1 amide bonds. The van der Waals surface area contributed by atoms with Gasteiger partial charge in [-0.3, -0.25) is 14.9 Å². The van der Waals surface area contributed by atoms with Crippen LogP contribution >= 0.6 is 0 Å². The van der Waals surface area contributed by atoms with Gasteiger partial charge < -0.3 is 19.3 Å². The Kier molecular flexibility index (Phi) is 6.11. The monoisotopic (exact) mass is 377 g/mol. The molecule has 0 aliphatic rings. The van der Waals surface area contributed by atoms with Gasteiger partial charge in [-0.15, -0.1) is 0 Å². The lowest BCUT2D eigenvalue weighted by Gasteiger charge is -2.14. The van der Waals surface area contributed by atoms with Crippen molar-refractivity contribution in [1.29, 1.82) is 0 Å². The van der Waals surface area contributed by atoms with Crippen molar-refractivity contribution >= 4 is 23.3 Å². The quantitative estimate of drug-likeness (QED) is 0.442. The van der Waals surface area contributed by atoms with Crippen LogP contribution < -0.4 is 10.1 Å². The molecular weight excluding hydrogens is 358 g/mol. The van der Waals surface area contributed by atoms with E-state index in [9.17, 15) is 19.7 Å². The van der Waals surface area contributed by atoms with Crippen molar-refractivity contribution in [3.63, 3.8) is 0 Å². The molecule has 0 aliphatic carbocycles. The first-order valence-corrected chi connectivity index (χ1v) is 8.07. The number of esters is 1. The van der Waals surface area contributed by atoms with Crippen LogP contribution in [0.1, 0.15) is 35.7 Å². The SMILES string of the molecule is CCc1noc(C)c1C(=O)O[C@H](C)C(=O)Nc1ccc(OC)cc1[N+](=O)[O-]. The maximum absolute atomic E-state index is 12.3. The smallest absolute Gasteiger partial charge is 0.344 e. The molecule has 10 heteroatoms. The normalized spacial score (nSPS) is 11.6. The van der Waals surface area contributed by atoms with Gasteiger partial charge in [-0.2, -0.15) is 0 Å². The highest BCUT2D eigenvalue weighted by molar-refractivity contribution is 5.99. The number of rotatable bonds is 7. The molecule has 1 N–H and O–H groups in total. The molecule has 1 heterocycles. The molecule has 0 unspecified atom stereocenters. The van der Waals surface area contributed by atoms with E-state index in [2.05, 4.69) is 10.5 Å². The third kappa shape index (κ3) is 4.40. The molecule has 1 aromatic heterocycles. The van der Waals surface area contributed by atoms with Crippen molar-refractivity contribution in [3.8, 4) is 5.75 Å². The van der Waals surface area contributed by atoms with Crippen LogP contribution in [0, 0.1) is 17.0 Å². The van der Waals surface area contributed by atoms with E-state index in [-0.39, 0.29) is 28.4 Å². The van der Waals surface area contributed by atoms with Gasteiger partial charge in [0.05, 0.1) is 23.8 Å². The van der Waals surface area contributed by atoms with Crippen LogP contribution in [0.15, 0.2) is 22.7 Å². The summed E-state index contributed by atoms with van der Waals surface area (Å²) in [4.78, 5) is 35.1. The Morgan fingerprint density at radius 2 is 2.11 bits per heavy atom. The zero-order valence-electron chi connectivity index (χ0n) is 15.3. The third-order valence-corrected chi connectivity index (χ3v) is 3.78. The number of amides is 1. The van der Waals surface area contributed by atoms with Crippen molar-refractivity contribution in [2.24, 2.45) is 0 Å². The lowest BCUT2D eigenvalue weighted by atomic mass is 10.1. The summed E-state index contributed by atoms with van der Waals surface area (Å²) in [5, 5.41) is 17.3. The number of aromatic nitrogens is 1. The summed E-state index contributed by atoms with van der Waals surface area (Å²) >= 11 is 0. The second-order valence-electron chi connectivity index (χ2n) is 5.59. The van der Waals surface area contributed by atoms with E-state index >= 15 is 0 Å². The molecule has 0 fully saturated rings. The van der Waals surface area contributed by atoms with E-state index in [4.69, 9.17) is 14.0 Å². The highest BCUT2D eigenvalue weighted by atomic mass is 16.6. The summed E-state index contributed by atoms with van der Waals surface area (Å²) in [5.74, 6) is -0.911. The lowest BCUT2D eigenvalue weighted by Crippen LogP contribution is -2.30. The number of nitro benzene ring substituents is 1. The molecule has 144 valence electrons. The molecule has 0 saturated heterocycles. The van der Waals surface area contributed by atoms with Crippen LogP contribution in [0.5, 0.6) is 5.75 Å². The Morgan fingerprint density at radius 1 is 1.41 bits per heavy atom. The number of ether oxygens (including phenoxy) is 2. The minimum atomic E-state index is -1.20. The van der Waals surface area contributed by atoms with Gasteiger partial charge in [0.15, 0.2) is 6.10 Å². The number of aryl methyl sites for hydroxylation is 2. The summed E-state index contributed by atoms with van der Waals surface area (Å²) in [7, 11) is 1.37. The summed E-state index contributed by atoms with van der Waals surface area (Å²) in [6.07, 6.45) is -0.737. The second-order valence-corrected chi connectivity index (χ2v) is 5.59. The van der Waals surface area contributed by atoms with Crippen LogP contribution in [0.3, 0.4) is 0 Å². The molecule has 27 heavy (non-hydrogen) atoms. The Hall–Kier alpha value is -3.43. The summed E-state index contributed by atoms with van der Waals surface area (Å²) in [6.45, 7) is 4.72. The molecule has 0 spiro atoms. The van der Waals surface area contributed by atoms with Gasteiger partial charge in [0.2, 0.25) is 0 Å². The highest BCUT2D eigenvalue weighted by Gasteiger charge is 2.26. The first-order valence-electron chi connectivity index (χ1n) is 8.07. The number of anilines is 1. The fourth-order valence-corrected chi connectivity index (χ4v) is 2.32. The van der Waals surface area contributed by atoms with Crippen LogP contribution in [0.4, 0.5) is 11.4 Å². The first-order chi connectivity index (χ1) is 12.8. The van der Waals surface area contributed by atoms with Gasteiger partial charge in [-0.05, 0) is 32.4 Å². The van der Waals surface area contributed by atoms with Crippen molar-refractivity contribution < 1.29 is 28.5 Å². The largest absolute Gasteiger partial charge is 0.496 e. The van der Waals surface area contributed by atoms with Gasteiger partial charge in [-0.1, -0.05) is 12.1 Å². The van der Waals surface area contributed by atoms with Crippen molar-refractivity contribution in [1.82, 2.24) is 5.16 Å². The molecule has 0 radical (unpaired) electrons. The molecule has 2 rings (SSSR count). The van der Waals surface area contributed by atoms with Crippen molar-refractivity contribution in [2.45, 2.75) is 33.3 Å². The minimum Gasteiger partial charge on any atom is -0.496 e.